The molecule has 0 aliphatic carbocycles. The van der Waals surface area contributed by atoms with Crippen molar-refractivity contribution in [3.05, 3.63) is 70.6 Å². The Morgan fingerprint density at radius 3 is 2.86 bits per heavy atom. The van der Waals surface area contributed by atoms with Crippen molar-refractivity contribution in [2.75, 3.05) is 7.11 Å². The summed E-state index contributed by atoms with van der Waals surface area (Å²) in [7, 11) is 1.24. The lowest BCUT2D eigenvalue weighted by molar-refractivity contribution is -0.135. The molecular formula is C20H17N3O4S. The summed E-state index contributed by atoms with van der Waals surface area (Å²) < 4.78 is 4.51. The summed E-state index contributed by atoms with van der Waals surface area (Å²) in [5.74, 6) is -1.04. The van der Waals surface area contributed by atoms with Crippen molar-refractivity contribution in [2.24, 2.45) is 10.2 Å². The molecule has 1 aliphatic rings. The van der Waals surface area contributed by atoms with E-state index in [1.807, 2.05) is 48.5 Å². The van der Waals surface area contributed by atoms with Crippen molar-refractivity contribution < 1.29 is 19.4 Å². The predicted octanol–water partition coefficient (Wildman–Crippen LogP) is 2.46. The molecule has 0 bridgehead atoms. The molecule has 2 aromatic rings. The highest BCUT2D eigenvalue weighted by atomic mass is 32.2. The van der Waals surface area contributed by atoms with Crippen molar-refractivity contribution in [3.63, 3.8) is 0 Å². The number of carbonyl (C=O) groups excluding carboxylic acids is 2. The number of ether oxygens (including phenoxy) is 1. The second-order valence-corrected chi connectivity index (χ2v) is 6.71. The minimum Gasteiger partial charge on any atom is -0.466 e. The Morgan fingerprint density at radius 2 is 2.07 bits per heavy atom. The summed E-state index contributed by atoms with van der Waals surface area (Å²) in [6, 6.07) is 15.3. The fourth-order valence-corrected chi connectivity index (χ4v) is 3.23. The zero-order valence-corrected chi connectivity index (χ0v) is 15.8. The van der Waals surface area contributed by atoms with Gasteiger partial charge in [-0.1, -0.05) is 42.5 Å². The normalized spacial score (nSPS) is 16.7. The van der Waals surface area contributed by atoms with Crippen LogP contribution in [0.1, 0.15) is 11.1 Å². The van der Waals surface area contributed by atoms with Crippen LogP contribution in [-0.2, 0) is 20.9 Å². The molecule has 0 radical (unpaired) electrons. The van der Waals surface area contributed by atoms with Crippen LogP contribution in [0.4, 0.5) is 0 Å². The second-order valence-electron chi connectivity index (χ2n) is 5.68. The molecule has 28 heavy (non-hydrogen) atoms. The van der Waals surface area contributed by atoms with Gasteiger partial charge >= 0.3 is 5.97 Å². The molecule has 0 aromatic heterocycles. The van der Waals surface area contributed by atoms with E-state index in [2.05, 4.69) is 20.3 Å². The maximum absolute atomic E-state index is 11.8. The van der Waals surface area contributed by atoms with E-state index >= 15 is 0 Å². The molecule has 2 N–H and O–H groups in total. The van der Waals surface area contributed by atoms with Crippen molar-refractivity contribution in [2.45, 2.75) is 6.61 Å². The Kier molecular flexibility index (Phi) is 6.36. The Bertz CT molecular complexity index is 998. The Balaban J connectivity index is 1.80. The maximum atomic E-state index is 11.8. The summed E-state index contributed by atoms with van der Waals surface area (Å²) >= 11 is 1.01. The zero-order valence-electron chi connectivity index (χ0n) is 15.0. The molecular weight excluding hydrogens is 378 g/mol. The fourth-order valence-electron chi connectivity index (χ4n) is 2.49. The second kappa shape index (κ2) is 9.12. The van der Waals surface area contributed by atoms with Gasteiger partial charge in [-0.05, 0) is 34.5 Å². The van der Waals surface area contributed by atoms with Crippen molar-refractivity contribution >= 4 is 35.0 Å². The van der Waals surface area contributed by atoms with Gasteiger partial charge < -0.3 is 9.84 Å². The first-order chi connectivity index (χ1) is 13.6. The Labute approximate surface area is 165 Å². The molecule has 8 heteroatoms. The molecule has 2 aromatic carbocycles. The number of hydrogen-bond acceptors (Lipinski definition) is 7. The van der Waals surface area contributed by atoms with Gasteiger partial charge in [-0.15, -0.1) is 5.10 Å². The molecule has 1 aliphatic heterocycles. The molecule has 1 saturated heterocycles. The van der Waals surface area contributed by atoms with E-state index in [-0.39, 0.29) is 16.7 Å². The standard InChI is InChI=1S/C20H17N3O4S/c1-27-18(25)10-17-19(26)22-20(28-17)23-21-11-15-6-2-3-8-16(15)14-7-4-5-13(9-14)12-24/h2-11,24H,12H2,1H3,(H,22,23,26)/b17-10+,21-11?. The number of aliphatic hydroxyl groups excluding tert-OH is 1. The van der Waals surface area contributed by atoms with Gasteiger partial charge in [-0.3, -0.25) is 10.1 Å². The number of amidine groups is 1. The Hall–Kier alpha value is -3.23. The van der Waals surface area contributed by atoms with Gasteiger partial charge in [0.2, 0.25) is 0 Å². The highest BCUT2D eigenvalue weighted by Crippen LogP contribution is 2.25. The van der Waals surface area contributed by atoms with Crippen LogP contribution in [0.3, 0.4) is 0 Å². The van der Waals surface area contributed by atoms with Crippen molar-refractivity contribution in [1.29, 1.82) is 0 Å². The quantitative estimate of drug-likeness (QED) is 0.351. The number of benzene rings is 2. The van der Waals surface area contributed by atoms with E-state index in [1.165, 1.54) is 7.11 Å². The highest BCUT2D eigenvalue weighted by Gasteiger charge is 2.25. The lowest BCUT2D eigenvalue weighted by atomic mass is 9.99. The van der Waals surface area contributed by atoms with E-state index in [1.54, 1.807) is 6.21 Å². The smallest absolute Gasteiger partial charge is 0.331 e. The number of carbonyl (C=O) groups is 2. The van der Waals surface area contributed by atoms with Crippen molar-refractivity contribution in [3.8, 4) is 11.1 Å². The molecule has 0 spiro atoms. The first kappa shape index (κ1) is 19.5. The largest absolute Gasteiger partial charge is 0.466 e. The first-order valence-corrected chi connectivity index (χ1v) is 9.11. The summed E-state index contributed by atoms with van der Waals surface area (Å²) in [4.78, 5) is 23.3. The van der Waals surface area contributed by atoms with E-state index in [0.717, 1.165) is 40.1 Å². The molecule has 3 rings (SSSR count). The van der Waals surface area contributed by atoms with Crippen LogP contribution in [0.2, 0.25) is 0 Å². The maximum Gasteiger partial charge on any atom is 0.331 e. The third kappa shape index (κ3) is 4.73. The van der Waals surface area contributed by atoms with Gasteiger partial charge in [0.05, 0.1) is 24.8 Å². The summed E-state index contributed by atoms with van der Waals surface area (Å²) in [6.45, 7) is -0.0317. The summed E-state index contributed by atoms with van der Waals surface area (Å²) in [5.41, 5.74) is 3.55. The van der Waals surface area contributed by atoms with E-state index in [4.69, 9.17) is 0 Å². The van der Waals surface area contributed by atoms with Gasteiger partial charge in [-0.2, -0.15) is 5.10 Å². The predicted molar refractivity (Wildman–Crippen MR) is 109 cm³/mol. The molecule has 142 valence electrons. The monoisotopic (exact) mass is 395 g/mol. The topological polar surface area (TPSA) is 100 Å². The van der Waals surface area contributed by atoms with Crippen molar-refractivity contribution in [1.82, 2.24) is 5.32 Å². The van der Waals surface area contributed by atoms with Crippen LogP contribution < -0.4 is 5.32 Å². The van der Waals surface area contributed by atoms with Crippen LogP contribution in [0.5, 0.6) is 0 Å². The van der Waals surface area contributed by atoms with Crippen LogP contribution in [-0.4, -0.2) is 35.5 Å². The average molecular weight is 395 g/mol. The third-order valence-electron chi connectivity index (χ3n) is 3.83. The number of aliphatic hydroxyl groups is 1. The van der Waals surface area contributed by atoms with Crippen LogP contribution >= 0.6 is 11.8 Å². The number of methoxy groups -OCH3 is 1. The molecule has 7 nitrogen and oxygen atoms in total. The zero-order chi connectivity index (χ0) is 19.9. The minimum atomic E-state index is -0.610. The fraction of sp³-hybridized carbons (Fsp3) is 0.100. The molecule has 0 unspecified atom stereocenters. The number of nitrogens with zero attached hydrogens (tertiary/aromatic N) is 2. The number of rotatable bonds is 5. The van der Waals surface area contributed by atoms with E-state index < -0.39 is 11.9 Å². The van der Waals surface area contributed by atoms with Gasteiger partial charge in [0, 0.05) is 11.6 Å². The molecule has 1 fully saturated rings. The van der Waals surface area contributed by atoms with Gasteiger partial charge in [0.1, 0.15) is 0 Å². The van der Waals surface area contributed by atoms with Gasteiger partial charge in [0.15, 0.2) is 5.17 Å². The SMILES string of the molecule is COC(=O)/C=C1/S/C(=N\N=Cc2ccccc2-c2cccc(CO)c2)NC1=O. The lowest BCUT2D eigenvalue weighted by Gasteiger charge is -2.07. The first-order valence-electron chi connectivity index (χ1n) is 8.30. The van der Waals surface area contributed by atoms with E-state index in [0.29, 0.717) is 0 Å². The molecule has 1 amide bonds. The van der Waals surface area contributed by atoms with Gasteiger partial charge in [0.25, 0.3) is 5.91 Å². The minimum absolute atomic E-state index is 0.0317. The third-order valence-corrected chi connectivity index (χ3v) is 4.73. The Morgan fingerprint density at radius 1 is 1.25 bits per heavy atom. The summed E-state index contributed by atoms with van der Waals surface area (Å²) in [6.07, 6.45) is 2.69. The van der Waals surface area contributed by atoms with Crippen LogP contribution in [0, 0.1) is 0 Å². The highest BCUT2D eigenvalue weighted by molar-refractivity contribution is 8.18. The summed E-state index contributed by atoms with van der Waals surface area (Å²) in [5, 5.41) is 20.2. The van der Waals surface area contributed by atoms with Crippen LogP contribution in [0.25, 0.3) is 11.1 Å². The average Bonchev–Trinajstić information content (AvgIpc) is 3.07. The van der Waals surface area contributed by atoms with Crippen LogP contribution in [0.15, 0.2) is 69.7 Å². The number of esters is 1. The number of hydrogen-bond donors (Lipinski definition) is 2. The molecule has 1 heterocycles. The molecule has 0 atom stereocenters. The molecule has 0 saturated carbocycles. The van der Waals surface area contributed by atoms with E-state index in [9.17, 15) is 14.7 Å². The lowest BCUT2D eigenvalue weighted by Crippen LogP contribution is -2.19. The number of amides is 1. The van der Waals surface area contributed by atoms with Gasteiger partial charge in [-0.25, -0.2) is 4.79 Å². The number of thioether (sulfide) groups is 1. The number of nitrogens with one attached hydrogen (secondary N) is 1.